The van der Waals surface area contributed by atoms with Crippen LogP contribution in [0.4, 0.5) is 0 Å². The lowest BCUT2D eigenvalue weighted by molar-refractivity contribution is -0.163. The molecule has 2 heterocycles. The first kappa shape index (κ1) is 62.0. The second-order valence-corrected chi connectivity index (χ2v) is 23.2. The van der Waals surface area contributed by atoms with Gasteiger partial charge in [-0.1, -0.05) is 26.5 Å². The zero-order valence-corrected chi connectivity index (χ0v) is 48.5. The van der Waals surface area contributed by atoms with Crippen LogP contribution in [0.15, 0.2) is 54.8 Å². The minimum Gasteiger partial charge on any atom is -0.512 e. The van der Waals surface area contributed by atoms with Crippen molar-refractivity contribution in [2.75, 3.05) is 140 Å². The summed E-state index contributed by atoms with van der Waals surface area (Å²) in [5.41, 5.74) is 1.64. The number of likely N-dealkylation sites (N-methyl/N-ethyl adjacent to an activating group) is 1. The van der Waals surface area contributed by atoms with Crippen LogP contribution in [0.25, 0.3) is 16.9 Å². The van der Waals surface area contributed by atoms with Crippen LogP contribution >= 0.6 is 0 Å². The maximum Gasteiger partial charge on any atom is 0.330 e. The van der Waals surface area contributed by atoms with E-state index in [1.54, 1.807) is 82.9 Å². The highest BCUT2D eigenvalue weighted by Gasteiger charge is 2.62. The number of aliphatic hydroxyl groups excluding tert-OH is 1. The molecule has 22 nitrogen and oxygen atoms in total. The predicted octanol–water partition coefficient (Wildman–Crippen LogP) is 4.39. The highest BCUT2D eigenvalue weighted by Crippen LogP contribution is 2.58. The van der Waals surface area contributed by atoms with Crippen molar-refractivity contribution >= 4 is 35.6 Å². The van der Waals surface area contributed by atoms with Gasteiger partial charge in [-0.15, -0.1) is 0 Å². The molecule has 1 aromatic heterocycles. The van der Waals surface area contributed by atoms with Gasteiger partial charge in [0.25, 0.3) is 11.8 Å². The summed E-state index contributed by atoms with van der Waals surface area (Å²) >= 11 is 0. The number of ether oxygens (including phenoxy) is 2. The summed E-state index contributed by atoms with van der Waals surface area (Å²) in [7, 11) is 8.67. The third kappa shape index (κ3) is 15.5. The fraction of sp³-hybridized carbons (Fsp3) is 0.610. The fourth-order valence-corrected chi connectivity index (χ4v) is 13.0. The Morgan fingerprint density at radius 2 is 1.17 bits per heavy atom. The minimum absolute atomic E-state index is 0.0173. The number of rotatable bonds is 25. The van der Waals surface area contributed by atoms with Crippen molar-refractivity contribution < 1.29 is 58.7 Å². The van der Waals surface area contributed by atoms with Crippen LogP contribution in [0.5, 0.6) is 11.5 Å². The van der Waals surface area contributed by atoms with E-state index >= 15 is 0 Å². The highest BCUT2D eigenvalue weighted by atomic mass is 16.5. The maximum absolute atomic E-state index is 14.5. The molecule has 444 valence electrons. The summed E-state index contributed by atoms with van der Waals surface area (Å²) in [6, 6.07) is 12.5. The number of hydrogen-bond acceptors (Lipinski definition) is 15. The number of amides is 3. The van der Waals surface area contributed by atoms with E-state index in [2.05, 4.69) is 16.8 Å². The molecule has 1 aliphatic heterocycles. The van der Waals surface area contributed by atoms with Crippen LogP contribution in [-0.4, -0.2) is 246 Å². The minimum atomic E-state index is -1.38. The lowest BCUT2D eigenvalue weighted by Gasteiger charge is -2.59. The van der Waals surface area contributed by atoms with Gasteiger partial charge in [0.05, 0.1) is 63.1 Å². The first-order valence-electron chi connectivity index (χ1n) is 28.5. The molecule has 3 aromatic rings. The number of aliphatic carboxylic acids is 3. The molecule has 8 rings (SSSR count). The summed E-state index contributed by atoms with van der Waals surface area (Å²) < 4.78 is 13.4. The van der Waals surface area contributed by atoms with Gasteiger partial charge < -0.3 is 49.9 Å². The van der Waals surface area contributed by atoms with Crippen LogP contribution < -0.4 is 14.8 Å². The Hall–Kier alpha value is -6.59. The molecule has 22 heteroatoms. The Kier molecular flexibility index (Phi) is 21.4. The quantitative estimate of drug-likeness (QED) is 0.0738. The SMILES string of the molecule is C=C(O)CN1CCN(CC(=O)O)CCN(CC(=O)O)CCN(CC(=O)N(C)CCCN(C)CCCN(C)C(=O)c2ccc(-n3nc(C(=O)NC4(C(=O)O)C5CC6CC(C5)CC4C6)cc3-c3c(OC)cccc3OC)c(C(C)C)c2)CC1. The second kappa shape index (κ2) is 27.9. The number of carbonyl (C=O) groups is 6. The van der Waals surface area contributed by atoms with E-state index in [1.807, 2.05) is 42.8 Å². The molecule has 0 atom stereocenters. The average molecular weight is 1130 g/mol. The molecule has 81 heavy (non-hydrogen) atoms. The van der Waals surface area contributed by atoms with E-state index in [0.717, 1.165) is 37.7 Å². The van der Waals surface area contributed by atoms with Crippen molar-refractivity contribution in [3.05, 3.63) is 71.6 Å². The first-order chi connectivity index (χ1) is 38.6. The van der Waals surface area contributed by atoms with Gasteiger partial charge in [0.2, 0.25) is 5.91 Å². The Balaban J connectivity index is 0.964. The lowest BCUT2D eigenvalue weighted by Crippen LogP contribution is -2.70. The number of methoxy groups -OCH3 is 2. The third-order valence-corrected chi connectivity index (χ3v) is 17.1. The van der Waals surface area contributed by atoms with E-state index in [4.69, 9.17) is 14.6 Å². The van der Waals surface area contributed by atoms with Crippen LogP contribution in [0.3, 0.4) is 0 Å². The normalized spacial score (nSPS) is 22.0. The summed E-state index contributed by atoms with van der Waals surface area (Å²) in [6.45, 7) is 13.3. The maximum atomic E-state index is 14.5. The predicted molar refractivity (Wildman–Crippen MR) is 305 cm³/mol. The van der Waals surface area contributed by atoms with Crippen LogP contribution in [-0.2, 0) is 19.2 Å². The molecule has 0 spiro atoms. The van der Waals surface area contributed by atoms with Crippen molar-refractivity contribution in [2.45, 2.75) is 70.3 Å². The molecule has 1 saturated heterocycles. The highest BCUT2D eigenvalue weighted by molar-refractivity contribution is 5.98. The molecule has 4 bridgehead atoms. The van der Waals surface area contributed by atoms with E-state index in [-0.39, 0.29) is 67.2 Å². The summed E-state index contributed by atoms with van der Waals surface area (Å²) in [4.78, 5) is 92.0. The van der Waals surface area contributed by atoms with Gasteiger partial charge in [-0.05, 0) is 137 Å². The Labute approximate surface area is 476 Å². The molecular formula is C59H86N10O12. The largest absolute Gasteiger partial charge is 0.512 e. The monoisotopic (exact) mass is 1130 g/mol. The fourth-order valence-electron chi connectivity index (χ4n) is 13.0. The number of hydrogen-bond donors (Lipinski definition) is 5. The summed E-state index contributed by atoms with van der Waals surface area (Å²) in [5.74, 6) is -2.23. The van der Waals surface area contributed by atoms with Gasteiger partial charge in [0.1, 0.15) is 17.0 Å². The van der Waals surface area contributed by atoms with E-state index in [0.29, 0.717) is 137 Å². The zero-order valence-electron chi connectivity index (χ0n) is 48.5. The number of carboxylic acid groups (broad SMARTS) is 3. The molecule has 0 radical (unpaired) electrons. The van der Waals surface area contributed by atoms with Crippen molar-refractivity contribution in [2.24, 2.45) is 23.7 Å². The number of carbonyl (C=O) groups excluding carboxylic acids is 3. The number of benzene rings is 2. The van der Waals surface area contributed by atoms with Crippen molar-refractivity contribution in [3.63, 3.8) is 0 Å². The van der Waals surface area contributed by atoms with Crippen molar-refractivity contribution in [1.82, 2.24) is 49.4 Å². The second-order valence-electron chi connectivity index (χ2n) is 23.2. The number of carboxylic acids is 3. The zero-order chi connectivity index (χ0) is 58.7. The van der Waals surface area contributed by atoms with Gasteiger partial charge in [-0.3, -0.25) is 43.6 Å². The summed E-state index contributed by atoms with van der Waals surface area (Å²) in [6.07, 6.45) is 5.68. The smallest absolute Gasteiger partial charge is 0.330 e. The molecule has 5 aliphatic rings. The van der Waals surface area contributed by atoms with Gasteiger partial charge in [0, 0.05) is 85.1 Å². The standard InChI is InChI=1S/C59H86N10O12/c1-39(2)46-33-43(14-15-48(46)69-49(55-50(80-7)12-9-13-51(55)81-8)34-47(61-69)56(76)60-59(58(78)79)44-29-41-28-42(31-44)32-45(59)30-41)57(77)64(6)19-11-17-62(4)16-10-18-63(5)52(71)36-66-22-20-65(35-40(3)70)21-24-67(37-53(72)73)26-27-68(25-23-66)38-54(74)75/h9,12-15,33-34,39,41-42,44-45,70H,3,10-11,16-32,35-38H2,1-2,4-8H3,(H,60,76)(H,72,73)(H,74,75)(H,78,79). The van der Waals surface area contributed by atoms with Crippen molar-refractivity contribution in [1.29, 1.82) is 0 Å². The lowest BCUT2D eigenvalue weighted by atomic mass is 9.48. The molecular weight excluding hydrogens is 1040 g/mol. The topological polar surface area (TPSA) is 254 Å². The third-order valence-electron chi connectivity index (χ3n) is 17.1. The van der Waals surface area contributed by atoms with Gasteiger partial charge >= 0.3 is 17.9 Å². The van der Waals surface area contributed by atoms with E-state index < -0.39 is 29.4 Å². The number of nitrogens with zero attached hydrogens (tertiary/aromatic N) is 9. The van der Waals surface area contributed by atoms with Gasteiger partial charge in [-0.2, -0.15) is 5.10 Å². The van der Waals surface area contributed by atoms with Crippen molar-refractivity contribution in [3.8, 4) is 28.4 Å². The van der Waals surface area contributed by atoms with E-state index in [9.17, 15) is 49.2 Å². The molecule has 2 aromatic carbocycles. The Bertz CT molecular complexity index is 2650. The van der Waals surface area contributed by atoms with E-state index in [1.165, 1.54) is 0 Å². The van der Waals surface area contributed by atoms with Gasteiger partial charge in [0.15, 0.2) is 5.69 Å². The molecule has 3 amide bonds. The number of aromatic nitrogens is 2. The summed E-state index contributed by atoms with van der Waals surface area (Å²) in [5, 5.41) is 48.0. The first-order valence-corrected chi connectivity index (χ1v) is 28.5. The van der Waals surface area contributed by atoms with Gasteiger partial charge in [-0.25, -0.2) is 9.48 Å². The Morgan fingerprint density at radius 1 is 0.679 bits per heavy atom. The molecule has 5 fully saturated rings. The average Bonchev–Trinajstić information content (AvgIpc) is 3.98. The Morgan fingerprint density at radius 3 is 1.64 bits per heavy atom. The number of nitrogens with one attached hydrogen (secondary N) is 1. The molecule has 5 N–H and O–H groups in total. The molecule has 0 unspecified atom stereocenters. The van der Waals surface area contributed by atoms with Crippen LogP contribution in [0.2, 0.25) is 0 Å². The molecule has 4 saturated carbocycles. The van der Waals surface area contributed by atoms with Crippen LogP contribution in [0, 0.1) is 23.7 Å². The van der Waals surface area contributed by atoms with Crippen LogP contribution in [0.1, 0.15) is 91.1 Å². The molecule has 4 aliphatic carbocycles. The number of aliphatic hydroxyl groups is 1.